The molecule has 132 valence electrons. The molecule has 1 N–H and O–H groups in total. The Kier molecular flexibility index (Phi) is 21.0. The van der Waals surface area contributed by atoms with Gasteiger partial charge in [0.25, 0.3) is 0 Å². The van der Waals surface area contributed by atoms with Gasteiger partial charge in [0.2, 0.25) is 0 Å². The van der Waals surface area contributed by atoms with Crippen LogP contribution in [-0.4, -0.2) is 24.2 Å². The van der Waals surface area contributed by atoms with E-state index in [1.165, 1.54) is 45.6 Å². The number of methoxy groups -OCH3 is 1. The molecule has 0 bridgehead atoms. The summed E-state index contributed by atoms with van der Waals surface area (Å²) < 4.78 is 4.46. The Balaban J connectivity index is 0. The average molecular weight is 316 g/mol. The van der Waals surface area contributed by atoms with Gasteiger partial charge in [-0.2, -0.15) is 0 Å². The zero-order valence-electron chi connectivity index (χ0n) is 14.9. The van der Waals surface area contributed by atoms with Crippen molar-refractivity contribution in [1.82, 2.24) is 0 Å². The zero-order valence-corrected chi connectivity index (χ0v) is 14.9. The second-order valence-corrected chi connectivity index (χ2v) is 5.65. The summed E-state index contributed by atoms with van der Waals surface area (Å²) in [7, 11) is 1.42. The molecule has 0 fully saturated rings. The predicted molar refractivity (Wildman–Crippen MR) is 91.0 cm³/mol. The van der Waals surface area contributed by atoms with E-state index in [-0.39, 0.29) is 5.97 Å². The first-order valence-corrected chi connectivity index (χ1v) is 8.87. The van der Waals surface area contributed by atoms with Crippen LogP contribution in [0.3, 0.4) is 0 Å². The van der Waals surface area contributed by atoms with Crippen molar-refractivity contribution < 1.29 is 19.4 Å². The van der Waals surface area contributed by atoms with Gasteiger partial charge in [0.15, 0.2) is 0 Å². The summed E-state index contributed by atoms with van der Waals surface area (Å²) in [6.07, 6.45) is 13.9. The number of aliphatic carboxylic acids is 1. The zero-order chi connectivity index (χ0) is 17.1. The van der Waals surface area contributed by atoms with E-state index in [1.807, 2.05) is 0 Å². The van der Waals surface area contributed by atoms with Gasteiger partial charge in [-0.1, -0.05) is 71.6 Å². The molecule has 0 amide bonds. The number of carboxylic acid groups (broad SMARTS) is 1. The first-order chi connectivity index (χ1) is 10.6. The van der Waals surface area contributed by atoms with Gasteiger partial charge < -0.3 is 9.84 Å². The lowest BCUT2D eigenvalue weighted by molar-refractivity contribution is -0.140. The molecule has 0 aromatic heterocycles. The Bertz CT molecular complexity index is 251. The number of carbonyl (C=O) groups is 2. The highest BCUT2D eigenvalue weighted by molar-refractivity contribution is 5.68. The molecule has 0 radical (unpaired) electrons. The minimum absolute atomic E-state index is 0.0940. The molecule has 0 aliphatic carbocycles. The van der Waals surface area contributed by atoms with Crippen molar-refractivity contribution in [3.63, 3.8) is 0 Å². The number of unbranched alkanes of at least 4 members (excludes halogenated alkanes) is 9. The fourth-order valence-corrected chi connectivity index (χ4v) is 2.03. The number of esters is 1. The molecule has 0 aliphatic heterocycles. The lowest BCUT2D eigenvalue weighted by atomic mass is 10.1. The van der Waals surface area contributed by atoms with Gasteiger partial charge >= 0.3 is 11.9 Å². The smallest absolute Gasteiger partial charge is 0.305 e. The van der Waals surface area contributed by atoms with Crippen LogP contribution in [0.2, 0.25) is 0 Å². The lowest BCUT2D eigenvalue weighted by Crippen LogP contribution is -1.98. The van der Waals surface area contributed by atoms with Crippen LogP contribution in [0.25, 0.3) is 0 Å². The van der Waals surface area contributed by atoms with E-state index in [2.05, 4.69) is 18.6 Å². The predicted octanol–water partition coefficient (Wildman–Crippen LogP) is 5.34. The standard InChI is InChI=1S/C11H22O2.C7H14O2/c1-2-3-4-5-6-7-8-9-10-11(12)13;1-3-4-5-6-7(8)9-2/h2-10H2,1H3,(H,12,13);3-6H2,1-2H3. The molecule has 0 heterocycles. The summed E-state index contributed by atoms with van der Waals surface area (Å²) in [5.41, 5.74) is 0. The third kappa shape index (κ3) is 24.0. The fourth-order valence-electron chi connectivity index (χ4n) is 2.03. The van der Waals surface area contributed by atoms with Crippen molar-refractivity contribution >= 4 is 11.9 Å². The Hall–Kier alpha value is -1.06. The topological polar surface area (TPSA) is 63.6 Å². The molecule has 22 heavy (non-hydrogen) atoms. The minimum atomic E-state index is -0.661. The van der Waals surface area contributed by atoms with Crippen LogP contribution < -0.4 is 0 Å². The second kappa shape index (κ2) is 19.9. The molecule has 4 nitrogen and oxygen atoms in total. The van der Waals surface area contributed by atoms with Crippen LogP contribution in [-0.2, 0) is 14.3 Å². The van der Waals surface area contributed by atoms with E-state index in [9.17, 15) is 9.59 Å². The third-order valence-corrected chi connectivity index (χ3v) is 3.46. The van der Waals surface area contributed by atoms with Crippen molar-refractivity contribution in [3.05, 3.63) is 0 Å². The quantitative estimate of drug-likeness (QED) is 0.368. The highest BCUT2D eigenvalue weighted by Crippen LogP contribution is 2.09. The molecule has 0 saturated heterocycles. The third-order valence-electron chi connectivity index (χ3n) is 3.46. The van der Waals surface area contributed by atoms with Gasteiger partial charge in [0, 0.05) is 12.8 Å². The summed E-state index contributed by atoms with van der Waals surface area (Å²) in [4.78, 5) is 20.6. The number of hydrogen-bond donors (Lipinski definition) is 1. The van der Waals surface area contributed by atoms with Crippen molar-refractivity contribution in [3.8, 4) is 0 Å². The Morgan fingerprint density at radius 2 is 1.14 bits per heavy atom. The maximum absolute atomic E-state index is 10.5. The number of rotatable bonds is 13. The molecule has 0 rings (SSSR count). The largest absolute Gasteiger partial charge is 0.481 e. The molecule has 0 aliphatic rings. The molecule has 0 aromatic rings. The number of carbonyl (C=O) groups excluding carboxylic acids is 1. The molecular weight excluding hydrogens is 280 g/mol. The summed E-state index contributed by atoms with van der Waals surface area (Å²) >= 11 is 0. The summed E-state index contributed by atoms with van der Waals surface area (Å²) in [5.74, 6) is -0.755. The number of carboxylic acids is 1. The SMILES string of the molecule is CCCCCC(=O)OC.CCCCCCCCCCC(=O)O. The summed E-state index contributed by atoms with van der Waals surface area (Å²) in [5, 5.41) is 8.39. The molecule has 0 unspecified atom stereocenters. The van der Waals surface area contributed by atoms with Gasteiger partial charge in [-0.25, -0.2) is 0 Å². The molecule has 0 atom stereocenters. The highest BCUT2D eigenvalue weighted by Gasteiger charge is 1.97. The van der Waals surface area contributed by atoms with Crippen LogP contribution in [0.4, 0.5) is 0 Å². The monoisotopic (exact) mass is 316 g/mol. The lowest BCUT2D eigenvalue weighted by Gasteiger charge is -1.99. The number of hydrogen-bond acceptors (Lipinski definition) is 3. The Morgan fingerprint density at radius 3 is 1.59 bits per heavy atom. The first-order valence-electron chi connectivity index (χ1n) is 8.87. The van der Waals surface area contributed by atoms with E-state index >= 15 is 0 Å². The van der Waals surface area contributed by atoms with Gasteiger partial charge in [-0.15, -0.1) is 0 Å². The van der Waals surface area contributed by atoms with Gasteiger partial charge in [0.05, 0.1) is 7.11 Å². The highest BCUT2D eigenvalue weighted by atomic mass is 16.5. The van der Waals surface area contributed by atoms with Crippen LogP contribution in [0.15, 0.2) is 0 Å². The Labute approximate surface area is 136 Å². The normalized spacial score (nSPS) is 9.77. The van der Waals surface area contributed by atoms with Crippen LogP contribution >= 0.6 is 0 Å². The van der Waals surface area contributed by atoms with E-state index in [0.717, 1.165) is 32.1 Å². The Morgan fingerprint density at radius 1 is 0.727 bits per heavy atom. The van der Waals surface area contributed by atoms with E-state index in [4.69, 9.17) is 5.11 Å². The van der Waals surface area contributed by atoms with Crippen molar-refractivity contribution in [2.45, 2.75) is 97.3 Å². The maximum Gasteiger partial charge on any atom is 0.305 e. The van der Waals surface area contributed by atoms with Crippen LogP contribution in [0, 0.1) is 0 Å². The molecule has 0 spiro atoms. The van der Waals surface area contributed by atoms with Crippen LogP contribution in [0.1, 0.15) is 97.3 Å². The van der Waals surface area contributed by atoms with Crippen molar-refractivity contribution in [2.75, 3.05) is 7.11 Å². The average Bonchev–Trinajstić information content (AvgIpc) is 2.50. The fraction of sp³-hybridized carbons (Fsp3) is 0.889. The van der Waals surface area contributed by atoms with E-state index in [0.29, 0.717) is 12.8 Å². The van der Waals surface area contributed by atoms with E-state index in [1.54, 1.807) is 0 Å². The first kappa shape index (κ1) is 23.2. The summed E-state index contributed by atoms with van der Waals surface area (Å²) in [6, 6.07) is 0. The summed E-state index contributed by atoms with van der Waals surface area (Å²) in [6.45, 7) is 4.32. The van der Waals surface area contributed by atoms with Gasteiger partial charge in [-0.3, -0.25) is 9.59 Å². The molecule has 4 heteroatoms. The second-order valence-electron chi connectivity index (χ2n) is 5.65. The van der Waals surface area contributed by atoms with Crippen LogP contribution in [0.5, 0.6) is 0 Å². The molecular formula is C18H36O4. The van der Waals surface area contributed by atoms with Gasteiger partial charge in [0.1, 0.15) is 0 Å². The maximum atomic E-state index is 10.5. The van der Waals surface area contributed by atoms with E-state index < -0.39 is 5.97 Å². The number of ether oxygens (including phenoxy) is 1. The van der Waals surface area contributed by atoms with Crippen molar-refractivity contribution in [1.29, 1.82) is 0 Å². The molecule has 0 aromatic carbocycles. The van der Waals surface area contributed by atoms with Crippen molar-refractivity contribution in [2.24, 2.45) is 0 Å². The molecule has 0 saturated carbocycles. The minimum Gasteiger partial charge on any atom is -0.481 e. The van der Waals surface area contributed by atoms with Gasteiger partial charge in [-0.05, 0) is 12.8 Å².